The van der Waals surface area contributed by atoms with Crippen molar-refractivity contribution in [2.75, 3.05) is 6.54 Å². The lowest BCUT2D eigenvalue weighted by molar-refractivity contribution is 0.220. The second kappa shape index (κ2) is 4.65. The van der Waals surface area contributed by atoms with Gasteiger partial charge in [-0.1, -0.05) is 13.8 Å². The predicted octanol–water partition coefficient (Wildman–Crippen LogP) is 3.20. The Balaban J connectivity index is 1.62. The SMILES string of the molecule is CC(C)C1CCC(CNC2CC2)CC1. The minimum absolute atomic E-state index is 0.901. The van der Waals surface area contributed by atoms with Crippen LogP contribution in [0.2, 0.25) is 0 Å². The van der Waals surface area contributed by atoms with Crippen molar-refractivity contribution >= 4 is 0 Å². The van der Waals surface area contributed by atoms with Crippen LogP contribution in [0, 0.1) is 17.8 Å². The summed E-state index contributed by atoms with van der Waals surface area (Å²) in [6, 6.07) is 0.901. The zero-order chi connectivity index (χ0) is 9.97. The van der Waals surface area contributed by atoms with Crippen LogP contribution in [-0.2, 0) is 0 Å². The molecule has 0 radical (unpaired) electrons. The number of nitrogens with one attached hydrogen (secondary N) is 1. The van der Waals surface area contributed by atoms with Crippen LogP contribution in [0.1, 0.15) is 52.4 Å². The molecule has 14 heavy (non-hydrogen) atoms. The average Bonchev–Trinajstić information content (AvgIpc) is 2.99. The quantitative estimate of drug-likeness (QED) is 0.726. The molecular weight excluding hydrogens is 170 g/mol. The van der Waals surface area contributed by atoms with Gasteiger partial charge in [-0.2, -0.15) is 0 Å². The first kappa shape index (κ1) is 10.5. The Morgan fingerprint density at radius 3 is 2.14 bits per heavy atom. The molecule has 2 rings (SSSR count). The van der Waals surface area contributed by atoms with Gasteiger partial charge in [0.2, 0.25) is 0 Å². The fourth-order valence-electron chi connectivity index (χ4n) is 2.68. The standard InChI is InChI=1S/C13H25N/c1-10(2)12-5-3-11(4-6-12)9-14-13-7-8-13/h10-14H,3-9H2,1-2H3. The van der Waals surface area contributed by atoms with E-state index < -0.39 is 0 Å². The van der Waals surface area contributed by atoms with Gasteiger partial charge in [0.1, 0.15) is 0 Å². The zero-order valence-electron chi connectivity index (χ0n) is 9.76. The van der Waals surface area contributed by atoms with Gasteiger partial charge >= 0.3 is 0 Å². The first-order valence-electron chi connectivity index (χ1n) is 6.49. The second-order valence-corrected chi connectivity index (χ2v) is 5.71. The Bertz CT molecular complexity index is 164. The van der Waals surface area contributed by atoms with E-state index in [9.17, 15) is 0 Å². The molecular formula is C13H25N. The molecule has 0 aromatic heterocycles. The highest BCUT2D eigenvalue weighted by molar-refractivity contribution is 4.83. The smallest absolute Gasteiger partial charge is 0.00683 e. The molecule has 0 saturated heterocycles. The molecule has 82 valence electrons. The molecule has 2 aliphatic rings. The fraction of sp³-hybridized carbons (Fsp3) is 1.00. The molecule has 0 spiro atoms. The summed E-state index contributed by atoms with van der Waals surface area (Å²) >= 11 is 0. The Labute approximate surface area is 88.7 Å². The van der Waals surface area contributed by atoms with E-state index in [1.54, 1.807) is 0 Å². The van der Waals surface area contributed by atoms with Crippen molar-refractivity contribution in [3.05, 3.63) is 0 Å². The van der Waals surface area contributed by atoms with Crippen molar-refractivity contribution in [3.8, 4) is 0 Å². The van der Waals surface area contributed by atoms with Crippen molar-refractivity contribution in [3.63, 3.8) is 0 Å². The Morgan fingerprint density at radius 1 is 1.00 bits per heavy atom. The Hall–Kier alpha value is -0.0400. The summed E-state index contributed by atoms with van der Waals surface area (Å²) in [6.45, 7) is 6.07. The van der Waals surface area contributed by atoms with Gasteiger partial charge in [0.25, 0.3) is 0 Å². The zero-order valence-corrected chi connectivity index (χ0v) is 9.76. The number of hydrogen-bond acceptors (Lipinski definition) is 1. The summed E-state index contributed by atoms with van der Waals surface area (Å²) < 4.78 is 0. The molecule has 0 aromatic rings. The van der Waals surface area contributed by atoms with Gasteiger partial charge in [-0.25, -0.2) is 0 Å². The van der Waals surface area contributed by atoms with Crippen LogP contribution in [0.15, 0.2) is 0 Å². The van der Waals surface area contributed by atoms with Gasteiger partial charge in [-0.15, -0.1) is 0 Å². The van der Waals surface area contributed by atoms with Crippen LogP contribution in [0.4, 0.5) is 0 Å². The molecule has 1 heteroatoms. The third-order valence-corrected chi connectivity index (χ3v) is 4.11. The first-order valence-corrected chi connectivity index (χ1v) is 6.49. The van der Waals surface area contributed by atoms with Gasteiger partial charge in [0.15, 0.2) is 0 Å². The maximum atomic E-state index is 3.67. The summed E-state index contributed by atoms with van der Waals surface area (Å²) in [5, 5.41) is 3.67. The van der Waals surface area contributed by atoms with E-state index in [2.05, 4.69) is 19.2 Å². The lowest BCUT2D eigenvalue weighted by Gasteiger charge is -2.31. The Kier molecular flexibility index (Phi) is 3.48. The van der Waals surface area contributed by atoms with Crippen LogP contribution in [0.3, 0.4) is 0 Å². The van der Waals surface area contributed by atoms with Gasteiger partial charge in [-0.05, 0) is 62.8 Å². The normalized spacial score (nSPS) is 33.6. The molecule has 2 fully saturated rings. The third-order valence-electron chi connectivity index (χ3n) is 4.11. The van der Waals surface area contributed by atoms with Crippen molar-refractivity contribution < 1.29 is 0 Å². The number of hydrogen-bond donors (Lipinski definition) is 1. The van der Waals surface area contributed by atoms with E-state index in [0.717, 1.165) is 23.8 Å². The average molecular weight is 195 g/mol. The van der Waals surface area contributed by atoms with Gasteiger partial charge in [0, 0.05) is 6.04 Å². The van der Waals surface area contributed by atoms with Crippen molar-refractivity contribution in [1.29, 1.82) is 0 Å². The summed E-state index contributed by atoms with van der Waals surface area (Å²) in [4.78, 5) is 0. The van der Waals surface area contributed by atoms with E-state index in [0.29, 0.717) is 0 Å². The van der Waals surface area contributed by atoms with Gasteiger partial charge in [0.05, 0.1) is 0 Å². The summed E-state index contributed by atoms with van der Waals surface area (Å²) in [5.41, 5.74) is 0. The highest BCUT2D eigenvalue weighted by atomic mass is 14.9. The monoisotopic (exact) mass is 195 g/mol. The molecule has 0 unspecified atom stereocenters. The fourth-order valence-corrected chi connectivity index (χ4v) is 2.68. The minimum Gasteiger partial charge on any atom is -0.314 e. The van der Waals surface area contributed by atoms with E-state index in [1.165, 1.54) is 45.1 Å². The molecule has 0 heterocycles. The lowest BCUT2D eigenvalue weighted by Crippen LogP contribution is -2.28. The second-order valence-electron chi connectivity index (χ2n) is 5.71. The highest BCUT2D eigenvalue weighted by Gasteiger charge is 2.25. The van der Waals surface area contributed by atoms with Crippen LogP contribution in [-0.4, -0.2) is 12.6 Å². The largest absolute Gasteiger partial charge is 0.314 e. The molecule has 1 nitrogen and oxygen atoms in total. The molecule has 0 bridgehead atoms. The molecule has 0 aliphatic heterocycles. The van der Waals surface area contributed by atoms with Crippen LogP contribution in [0.25, 0.3) is 0 Å². The predicted molar refractivity (Wildman–Crippen MR) is 61.3 cm³/mol. The molecule has 2 saturated carbocycles. The van der Waals surface area contributed by atoms with Gasteiger partial charge < -0.3 is 5.32 Å². The maximum absolute atomic E-state index is 3.67. The summed E-state index contributed by atoms with van der Waals surface area (Å²) in [5.74, 6) is 2.92. The van der Waals surface area contributed by atoms with Crippen LogP contribution < -0.4 is 5.32 Å². The molecule has 0 atom stereocenters. The first-order chi connectivity index (χ1) is 6.75. The molecule has 0 aromatic carbocycles. The molecule has 0 amide bonds. The minimum atomic E-state index is 0.901. The van der Waals surface area contributed by atoms with Crippen molar-refractivity contribution in [1.82, 2.24) is 5.32 Å². The van der Waals surface area contributed by atoms with Crippen LogP contribution in [0.5, 0.6) is 0 Å². The third kappa shape index (κ3) is 2.98. The van der Waals surface area contributed by atoms with Gasteiger partial charge in [-0.3, -0.25) is 0 Å². The maximum Gasteiger partial charge on any atom is 0.00683 e. The van der Waals surface area contributed by atoms with E-state index in [1.807, 2.05) is 0 Å². The van der Waals surface area contributed by atoms with Crippen LogP contribution >= 0.6 is 0 Å². The topological polar surface area (TPSA) is 12.0 Å². The molecule has 1 N–H and O–H groups in total. The van der Waals surface area contributed by atoms with E-state index >= 15 is 0 Å². The summed E-state index contributed by atoms with van der Waals surface area (Å²) in [7, 11) is 0. The van der Waals surface area contributed by atoms with E-state index in [4.69, 9.17) is 0 Å². The number of rotatable bonds is 4. The molecule has 2 aliphatic carbocycles. The summed E-state index contributed by atoms with van der Waals surface area (Å²) in [6.07, 6.45) is 8.77. The lowest BCUT2D eigenvalue weighted by atomic mass is 9.77. The highest BCUT2D eigenvalue weighted by Crippen LogP contribution is 2.33. The van der Waals surface area contributed by atoms with Crippen molar-refractivity contribution in [2.45, 2.75) is 58.4 Å². The Morgan fingerprint density at radius 2 is 1.64 bits per heavy atom. The van der Waals surface area contributed by atoms with Crippen molar-refractivity contribution in [2.24, 2.45) is 17.8 Å². The van der Waals surface area contributed by atoms with E-state index in [-0.39, 0.29) is 0 Å².